The summed E-state index contributed by atoms with van der Waals surface area (Å²) in [6.45, 7) is 2.00. The molecule has 1 heterocycles. The van der Waals surface area contributed by atoms with Crippen molar-refractivity contribution in [2.24, 2.45) is 0 Å². The van der Waals surface area contributed by atoms with Crippen molar-refractivity contribution >= 4 is 11.9 Å². The van der Waals surface area contributed by atoms with E-state index in [-0.39, 0.29) is 30.4 Å². The standard InChI is InChI=1S/C21H20FN3O4/c1-13-3-6-16(11-17(13)22)20-24-19(29-25-20)10-9-18(26)23-12-14-4-7-15(8-5-14)21(27)28-2/h3-8,11H,9-10,12H2,1-2H3,(H,23,26). The molecule has 0 fully saturated rings. The highest BCUT2D eigenvalue weighted by Crippen LogP contribution is 2.19. The van der Waals surface area contributed by atoms with Gasteiger partial charge in [-0.15, -0.1) is 0 Å². The van der Waals surface area contributed by atoms with Crippen LogP contribution in [-0.4, -0.2) is 29.1 Å². The number of nitrogens with one attached hydrogen (secondary N) is 1. The maximum Gasteiger partial charge on any atom is 0.337 e. The SMILES string of the molecule is COC(=O)c1ccc(CNC(=O)CCc2nc(-c3ccc(C)c(F)c3)no2)cc1. The van der Waals surface area contributed by atoms with E-state index in [0.717, 1.165) is 5.56 Å². The number of rotatable bonds is 7. The van der Waals surface area contributed by atoms with E-state index in [9.17, 15) is 14.0 Å². The summed E-state index contributed by atoms with van der Waals surface area (Å²) >= 11 is 0. The highest BCUT2D eigenvalue weighted by atomic mass is 19.1. The van der Waals surface area contributed by atoms with Crippen LogP contribution in [0.25, 0.3) is 11.4 Å². The quantitative estimate of drug-likeness (QED) is 0.615. The van der Waals surface area contributed by atoms with Gasteiger partial charge in [0.2, 0.25) is 17.6 Å². The number of carbonyl (C=O) groups excluding carboxylic acids is 2. The van der Waals surface area contributed by atoms with Gasteiger partial charge in [0.15, 0.2) is 0 Å². The summed E-state index contributed by atoms with van der Waals surface area (Å²) < 4.78 is 23.5. The van der Waals surface area contributed by atoms with Crippen molar-refractivity contribution in [2.75, 3.05) is 7.11 Å². The Balaban J connectivity index is 1.49. The lowest BCUT2D eigenvalue weighted by molar-refractivity contribution is -0.121. The summed E-state index contributed by atoms with van der Waals surface area (Å²) in [4.78, 5) is 27.7. The Morgan fingerprint density at radius 1 is 1.17 bits per heavy atom. The van der Waals surface area contributed by atoms with Crippen LogP contribution in [0, 0.1) is 12.7 Å². The van der Waals surface area contributed by atoms with Crippen molar-refractivity contribution in [2.45, 2.75) is 26.3 Å². The van der Waals surface area contributed by atoms with Crippen LogP contribution in [0.15, 0.2) is 47.0 Å². The van der Waals surface area contributed by atoms with Crippen LogP contribution in [-0.2, 0) is 22.5 Å². The van der Waals surface area contributed by atoms with Gasteiger partial charge in [-0.05, 0) is 36.2 Å². The lowest BCUT2D eigenvalue weighted by Crippen LogP contribution is -2.23. The maximum absolute atomic E-state index is 13.7. The lowest BCUT2D eigenvalue weighted by atomic mass is 10.1. The number of hydrogen-bond acceptors (Lipinski definition) is 6. The number of esters is 1. The van der Waals surface area contributed by atoms with Gasteiger partial charge in [-0.1, -0.05) is 29.4 Å². The van der Waals surface area contributed by atoms with Gasteiger partial charge in [-0.25, -0.2) is 9.18 Å². The summed E-state index contributed by atoms with van der Waals surface area (Å²) in [6.07, 6.45) is 0.443. The van der Waals surface area contributed by atoms with Gasteiger partial charge in [-0.2, -0.15) is 4.98 Å². The summed E-state index contributed by atoms with van der Waals surface area (Å²) in [5.41, 5.74) is 2.35. The minimum absolute atomic E-state index is 0.171. The molecule has 0 unspecified atom stereocenters. The van der Waals surface area contributed by atoms with Crippen molar-refractivity contribution in [3.63, 3.8) is 0 Å². The predicted molar refractivity (Wildman–Crippen MR) is 102 cm³/mol. The third-order valence-corrected chi connectivity index (χ3v) is 4.33. The minimum atomic E-state index is -0.409. The van der Waals surface area contributed by atoms with Gasteiger partial charge in [0, 0.05) is 24.9 Å². The van der Waals surface area contributed by atoms with E-state index in [2.05, 4.69) is 20.2 Å². The van der Waals surface area contributed by atoms with Crippen molar-refractivity contribution in [3.05, 3.63) is 70.9 Å². The van der Waals surface area contributed by atoms with Crippen molar-refractivity contribution in [3.8, 4) is 11.4 Å². The zero-order valence-corrected chi connectivity index (χ0v) is 16.1. The summed E-state index contributed by atoms with van der Waals surface area (Å²) in [6, 6.07) is 11.5. The molecule has 0 aliphatic rings. The monoisotopic (exact) mass is 397 g/mol. The zero-order chi connectivity index (χ0) is 20.8. The van der Waals surface area contributed by atoms with Crippen LogP contribution >= 0.6 is 0 Å². The van der Waals surface area contributed by atoms with E-state index in [4.69, 9.17) is 4.52 Å². The molecule has 1 aromatic heterocycles. The minimum Gasteiger partial charge on any atom is -0.465 e. The highest BCUT2D eigenvalue weighted by Gasteiger charge is 2.12. The maximum atomic E-state index is 13.7. The van der Waals surface area contributed by atoms with E-state index in [1.807, 2.05) is 0 Å². The second kappa shape index (κ2) is 9.09. The molecule has 7 nitrogen and oxygen atoms in total. The molecule has 0 aliphatic carbocycles. The molecule has 0 spiro atoms. The first-order valence-corrected chi connectivity index (χ1v) is 8.99. The Kier molecular flexibility index (Phi) is 6.33. The predicted octanol–water partition coefficient (Wildman–Crippen LogP) is 3.22. The Morgan fingerprint density at radius 3 is 2.62 bits per heavy atom. The van der Waals surface area contributed by atoms with E-state index >= 15 is 0 Å². The summed E-state index contributed by atoms with van der Waals surface area (Å²) in [5.74, 6) is -0.340. The van der Waals surface area contributed by atoms with E-state index in [1.165, 1.54) is 13.2 Å². The second-order valence-corrected chi connectivity index (χ2v) is 6.44. The fraction of sp³-hybridized carbons (Fsp3) is 0.238. The number of aromatic nitrogens is 2. The van der Waals surface area contributed by atoms with Crippen molar-refractivity contribution in [1.82, 2.24) is 15.5 Å². The smallest absolute Gasteiger partial charge is 0.337 e. The van der Waals surface area contributed by atoms with Gasteiger partial charge < -0.3 is 14.6 Å². The molecule has 3 rings (SSSR count). The van der Waals surface area contributed by atoms with E-state index in [1.54, 1.807) is 43.3 Å². The molecule has 0 saturated carbocycles. The molecule has 0 saturated heterocycles. The first-order valence-electron chi connectivity index (χ1n) is 8.99. The molecule has 29 heavy (non-hydrogen) atoms. The Labute approximate surface area is 166 Å². The normalized spacial score (nSPS) is 10.6. The first-order chi connectivity index (χ1) is 14.0. The lowest BCUT2D eigenvalue weighted by Gasteiger charge is -2.05. The molecular formula is C21H20FN3O4. The van der Waals surface area contributed by atoms with Crippen LogP contribution in [0.3, 0.4) is 0 Å². The number of aryl methyl sites for hydroxylation is 2. The van der Waals surface area contributed by atoms with Crippen molar-refractivity contribution < 1.29 is 23.2 Å². The highest BCUT2D eigenvalue weighted by molar-refractivity contribution is 5.89. The van der Waals surface area contributed by atoms with Crippen LogP contribution in [0.4, 0.5) is 4.39 Å². The average Bonchev–Trinajstić information content (AvgIpc) is 3.21. The number of methoxy groups -OCH3 is 1. The molecule has 150 valence electrons. The third-order valence-electron chi connectivity index (χ3n) is 4.33. The van der Waals surface area contributed by atoms with E-state index in [0.29, 0.717) is 29.1 Å². The van der Waals surface area contributed by atoms with Crippen LogP contribution in [0.2, 0.25) is 0 Å². The first kappa shape index (κ1) is 20.2. The molecule has 3 aromatic rings. The molecule has 0 atom stereocenters. The molecule has 0 bridgehead atoms. The third kappa shape index (κ3) is 5.25. The largest absolute Gasteiger partial charge is 0.465 e. The summed E-state index contributed by atoms with van der Waals surface area (Å²) in [5, 5.41) is 6.63. The number of halogens is 1. The number of carbonyl (C=O) groups is 2. The van der Waals surface area contributed by atoms with Gasteiger partial charge in [0.1, 0.15) is 5.82 Å². The number of hydrogen-bond donors (Lipinski definition) is 1. The zero-order valence-electron chi connectivity index (χ0n) is 16.1. The molecule has 1 N–H and O–H groups in total. The van der Waals surface area contributed by atoms with Crippen LogP contribution < -0.4 is 5.32 Å². The molecule has 1 amide bonds. The van der Waals surface area contributed by atoms with Gasteiger partial charge in [0.05, 0.1) is 12.7 Å². The Hall–Kier alpha value is -3.55. The van der Waals surface area contributed by atoms with Crippen LogP contribution in [0.5, 0.6) is 0 Å². The van der Waals surface area contributed by atoms with E-state index < -0.39 is 5.97 Å². The molecule has 8 heteroatoms. The number of ether oxygens (including phenoxy) is 1. The fourth-order valence-corrected chi connectivity index (χ4v) is 2.59. The number of amides is 1. The second-order valence-electron chi connectivity index (χ2n) is 6.44. The van der Waals surface area contributed by atoms with Gasteiger partial charge >= 0.3 is 5.97 Å². The van der Waals surface area contributed by atoms with Gasteiger partial charge in [-0.3, -0.25) is 4.79 Å². The number of benzene rings is 2. The molecular weight excluding hydrogens is 377 g/mol. The topological polar surface area (TPSA) is 94.3 Å². The molecule has 2 aromatic carbocycles. The number of nitrogens with zero attached hydrogens (tertiary/aromatic N) is 2. The Bertz CT molecular complexity index is 1020. The fourth-order valence-electron chi connectivity index (χ4n) is 2.59. The summed E-state index contributed by atoms with van der Waals surface area (Å²) in [7, 11) is 1.32. The average molecular weight is 397 g/mol. The van der Waals surface area contributed by atoms with Gasteiger partial charge in [0.25, 0.3) is 0 Å². The van der Waals surface area contributed by atoms with Crippen LogP contribution in [0.1, 0.15) is 33.8 Å². The van der Waals surface area contributed by atoms with Crippen molar-refractivity contribution in [1.29, 1.82) is 0 Å². The molecule has 0 aliphatic heterocycles. The Morgan fingerprint density at radius 2 is 1.93 bits per heavy atom. The molecule has 0 radical (unpaired) electrons.